The number of hydrogen-bond acceptors (Lipinski definition) is 7. The molecule has 0 aliphatic rings. The Morgan fingerprint density at radius 1 is 1.26 bits per heavy atom. The first-order valence-electron chi connectivity index (χ1n) is 7.87. The number of rotatable bonds is 8. The molecule has 3 aromatic rings. The van der Waals surface area contributed by atoms with Crippen molar-refractivity contribution in [2.45, 2.75) is 14.4 Å². The maximum absolute atomic E-state index is 11.9. The van der Waals surface area contributed by atoms with E-state index >= 15 is 0 Å². The number of carbonyl (C=O) groups is 1. The molecule has 1 N–H and O–H groups in total. The molecular weight excluding hydrogens is 422 g/mol. The van der Waals surface area contributed by atoms with Gasteiger partial charge in [0, 0.05) is 24.0 Å². The lowest BCUT2D eigenvalue weighted by Crippen LogP contribution is -2.19. The van der Waals surface area contributed by atoms with Gasteiger partial charge in [-0.2, -0.15) is 5.10 Å². The molecule has 0 bridgehead atoms. The minimum Gasteiger partial charge on any atom is -0.350 e. The number of hydrogen-bond donors (Lipinski definition) is 1. The molecule has 3 rings (SSSR count). The van der Waals surface area contributed by atoms with E-state index < -0.39 is 0 Å². The zero-order chi connectivity index (χ0) is 19.1. The first kappa shape index (κ1) is 19.9. The van der Waals surface area contributed by atoms with Gasteiger partial charge in [0.1, 0.15) is 0 Å². The second kappa shape index (κ2) is 9.93. The van der Waals surface area contributed by atoms with Crippen LogP contribution in [0.4, 0.5) is 0 Å². The summed E-state index contributed by atoms with van der Waals surface area (Å²) in [5.41, 5.74) is 4.48. The maximum Gasteiger partial charge on any atom is 0.250 e. The second-order valence-corrected chi connectivity index (χ2v) is 9.17. The summed E-state index contributed by atoms with van der Waals surface area (Å²) in [6, 6.07) is 11.6. The summed E-state index contributed by atoms with van der Waals surface area (Å²) in [4.78, 5) is 11.9. The molecule has 0 unspecified atom stereocenters. The Kier molecular flexibility index (Phi) is 7.33. The molecule has 1 aromatic carbocycles. The number of nitrogens with one attached hydrogen (secondary N) is 1. The van der Waals surface area contributed by atoms with Crippen LogP contribution in [0.15, 0.2) is 56.4 Å². The van der Waals surface area contributed by atoms with E-state index in [0.717, 1.165) is 30.7 Å². The molecule has 0 fully saturated rings. The van der Waals surface area contributed by atoms with Crippen molar-refractivity contribution < 1.29 is 4.79 Å². The third-order valence-electron chi connectivity index (χ3n) is 3.39. The van der Waals surface area contributed by atoms with Gasteiger partial charge in [0.25, 0.3) is 5.91 Å². The van der Waals surface area contributed by atoms with E-state index in [9.17, 15) is 4.79 Å². The van der Waals surface area contributed by atoms with Crippen molar-refractivity contribution in [2.24, 2.45) is 12.1 Å². The third-order valence-corrected chi connectivity index (χ3v) is 7.00. The summed E-state index contributed by atoms with van der Waals surface area (Å²) in [5, 5.41) is 13.0. The van der Waals surface area contributed by atoms with Crippen LogP contribution < -0.4 is 5.43 Å². The average Bonchev–Trinajstić information content (AvgIpc) is 3.28. The second-order valence-electron chi connectivity index (χ2n) is 5.34. The molecule has 6 nitrogen and oxygen atoms in total. The highest BCUT2D eigenvalue weighted by Crippen LogP contribution is 2.32. The topological polar surface area (TPSA) is 72.2 Å². The van der Waals surface area contributed by atoms with E-state index in [0.29, 0.717) is 0 Å². The molecule has 0 aliphatic heterocycles. The number of hydrazone groups is 1. The number of aromatic nitrogens is 3. The van der Waals surface area contributed by atoms with Crippen molar-refractivity contribution in [3.05, 3.63) is 58.9 Å². The number of aryl methyl sites for hydroxylation is 1. The largest absolute Gasteiger partial charge is 0.350 e. The molecule has 27 heavy (non-hydrogen) atoms. The van der Waals surface area contributed by atoms with Gasteiger partial charge < -0.3 is 4.57 Å². The van der Waals surface area contributed by atoms with Crippen molar-refractivity contribution >= 4 is 58.6 Å². The third kappa shape index (κ3) is 6.10. The molecule has 0 atom stereocenters. The van der Waals surface area contributed by atoms with Crippen LogP contribution in [-0.2, 0) is 17.6 Å². The van der Waals surface area contributed by atoms with Gasteiger partial charge in [-0.1, -0.05) is 64.7 Å². The van der Waals surface area contributed by atoms with Crippen LogP contribution in [0, 0.1) is 0 Å². The SMILES string of the molecule is Cn1cccc1/C=N\NC(=O)CSc1nnc(SCc2ccccc2Cl)s1. The summed E-state index contributed by atoms with van der Waals surface area (Å²) < 4.78 is 3.51. The van der Waals surface area contributed by atoms with Crippen LogP contribution >= 0.6 is 46.5 Å². The normalized spacial score (nSPS) is 11.2. The quantitative estimate of drug-likeness (QED) is 0.327. The lowest BCUT2D eigenvalue weighted by atomic mass is 10.2. The minimum absolute atomic E-state index is 0.189. The van der Waals surface area contributed by atoms with Crippen LogP contribution in [-0.4, -0.2) is 32.6 Å². The molecule has 0 spiro atoms. The highest BCUT2D eigenvalue weighted by molar-refractivity contribution is 8.03. The molecule has 0 aliphatic carbocycles. The fourth-order valence-electron chi connectivity index (χ4n) is 2.01. The smallest absolute Gasteiger partial charge is 0.250 e. The molecule has 0 saturated heterocycles. The summed E-state index contributed by atoms with van der Waals surface area (Å²) in [6.45, 7) is 0. The number of carbonyl (C=O) groups excluding carboxylic acids is 1. The van der Waals surface area contributed by atoms with Gasteiger partial charge in [-0.3, -0.25) is 4.79 Å². The van der Waals surface area contributed by atoms with Gasteiger partial charge in [0.05, 0.1) is 17.7 Å². The van der Waals surface area contributed by atoms with Crippen molar-refractivity contribution in [1.82, 2.24) is 20.2 Å². The van der Waals surface area contributed by atoms with Gasteiger partial charge in [-0.25, -0.2) is 5.43 Å². The minimum atomic E-state index is -0.189. The van der Waals surface area contributed by atoms with Gasteiger partial charge in [-0.15, -0.1) is 10.2 Å². The van der Waals surface area contributed by atoms with Crippen molar-refractivity contribution in [2.75, 3.05) is 5.75 Å². The van der Waals surface area contributed by atoms with E-state index in [1.165, 1.54) is 23.1 Å². The lowest BCUT2D eigenvalue weighted by Gasteiger charge is -2.00. The summed E-state index contributed by atoms with van der Waals surface area (Å²) in [6.07, 6.45) is 3.52. The molecule has 2 aromatic heterocycles. The zero-order valence-corrected chi connectivity index (χ0v) is 17.5. The number of halogens is 1. The maximum atomic E-state index is 11.9. The molecular formula is C17H16ClN5OS3. The van der Waals surface area contributed by atoms with Crippen LogP contribution in [0.2, 0.25) is 5.02 Å². The predicted octanol–water partition coefficient (Wildman–Crippen LogP) is 4.06. The van der Waals surface area contributed by atoms with E-state index in [1.807, 2.05) is 54.2 Å². The molecule has 0 saturated carbocycles. The van der Waals surface area contributed by atoms with Crippen LogP contribution in [0.5, 0.6) is 0 Å². The summed E-state index contributed by atoms with van der Waals surface area (Å²) in [7, 11) is 1.91. The fraction of sp³-hybridized carbons (Fsp3) is 0.176. The Bertz CT molecular complexity index is 940. The Balaban J connectivity index is 1.42. The lowest BCUT2D eigenvalue weighted by molar-refractivity contribution is -0.118. The summed E-state index contributed by atoms with van der Waals surface area (Å²) >= 11 is 10.5. The van der Waals surface area contributed by atoms with E-state index in [1.54, 1.807) is 18.0 Å². The number of thioether (sulfide) groups is 2. The first-order chi connectivity index (χ1) is 13.1. The van der Waals surface area contributed by atoms with Crippen LogP contribution in [0.3, 0.4) is 0 Å². The predicted molar refractivity (Wildman–Crippen MR) is 113 cm³/mol. The molecule has 0 radical (unpaired) electrons. The van der Waals surface area contributed by atoms with Crippen molar-refractivity contribution in [3.8, 4) is 0 Å². The van der Waals surface area contributed by atoms with Crippen molar-refractivity contribution in [3.63, 3.8) is 0 Å². The van der Waals surface area contributed by atoms with Gasteiger partial charge in [-0.05, 0) is 23.8 Å². The monoisotopic (exact) mass is 437 g/mol. The Morgan fingerprint density at radius 3 is 2.78 bits per heavy atom. The molecule has 140 valence electrons. The van der Waals surface area contributed by atoms with E-state index in [4.69, 9.17) is 11.6 Å². The summed E-state index contributed by atoms with van der Waals surface area (Å²) in [5.74, 6) is 0.771. The van der Waals surface area contributed by atoms with Gasteiger partial charge in [0.15, 0.2) is 8.68 Å². The zero-order valence-electron chi connectivity index (χ0n) is 14.3. The van der Waals surface area contributed by atoms with Crippen molar-refractivity contribution in [1.29, 1.82) is 0 Å². The standard InChI is InChI=1S/C17H16ClN5OS3/c1-23-8-4-6-13(23)9-19-20-15(24)11-26-17-22-21-16(27-17)25-10-12-5-2-3-7-14(12)18/h2-9H,10-11H2,1H3,(H,20,24)/b19-9-. The number of amides is 1. The highest BCUT2D eigenvalue weighted by Gasteiger charge is 2.09. The fourth-order valence-corrected chi connectivity index (χ4v) is 5.11. The first-order valence-corrected chi connectivity index (χ1v) is 11.0. The number of benzene rings is 1. The van der Waals surface area contributed by atoms with Gasteiger partial charge in [0.2, 0.25) is 0 Å². The molecule has 10 heteroatoms. The van der Waals surface area contributed by atoms with Crippen LogP contribution in [0.25, 0.3) is 0 Å². The Hall–Kier alpha value is -1.81. The Labute approximate surface area is 174 Å². The van der Waals surface area contributed by atoms with E-state index in [2.05, 4.69) is 20.7 Å². The average molecular weight is 438 g/mol. The molecule has 1 amide bonds. The Morgan fingerprint density at radius 2 is 2.04 bits per heavy atom. The van der Waals surface area contributed by atoms with E-state index in [-0.39, 0.29) is 11.7 Å². The molecule has 2 heterocycles. The van der Waals surface area contributed by atoms with Gasteiger partial charge >= 0.3 is 0 Å². The highest BCUT2D eigenvalue weighted by atomic mass is 35.5. The number of nitrogens with zero attached hydrogens (tertiary/aromatic N) is 4. The van der Waals surface area contributed by atoms with Crippen LogP contribution in [0.1, 0.15) is 11.3 Å².